The van der Waals surface area contributed by atoms with Crippen LogP contribution in [0.15, 0.2) is 48.0 Å². The maximum atomic E-state index is 12.6. The molecule has 0 aliphatic carbocycles. The molecule has 136 valence electrons. The largest absolute Gasteiger partial charge is 0.497 e. The Hall–Kier alpha value is -3.72. The highest BCUT2D eigenvalue weighted by molar-refractivity contribution is 6.11. The normalized spacial score (nSPS) is 11.1. The minimum absolute atomic E-state index is 0.000671. The molecule has 6 nitrogen and oxygen atoms in total. The molecular weight excluding hydrogens is 342 g/mol. The van der Waals surface area contributed by atoms with Gasteiger partial charge in [-0.25, -0.2) is 0 Å². The van der Waals surface area contributed by atoms with E-state index < -0.39 is 5.91 Å². The van der Waals surface area contributed by atoms with E-state index >= 15 is 0 Å². The molecule has 0 aliphatic heterocycles. The monoisotopic (exact) mass is 361 g/mol. The number of methoxy groups -OCH3 is 2. The number of aromatic nitrogens is 1. The highest BCUT2D eigenvalue weighted by Gasteiger charge is 2.15. The van der Waals surface area contributed by atoms with Gasteiger partial charge in [0.25, 0.3) is 5.91 Å². The molecule has 2 aromatic carbocycles. The highest BCUT2D eigenvalue weighted by atomic mass is 16.5. The van der Waals surface area contributed by atoms with Crippen molar-refractivity contribution in [2.45, 2.75) is 6.92 Å². The Balaban J connectivity index is 1.94. The first-order valence-corrected chi connectivity index (χ1v) is 8.30. The Bertz CT molecular complexity index is 1070. The fourth-order valence-electron chi connectivity index (χ4n) is 2.87. The molecule has 0 spiro atoms. The van der Waals surface area contributed by atoms with Crippen molar-refractivity contribution in [3.8, 4) is 17.6 Å². The molecule has 0 atom stereocenters. The van der Waals surface area contributed by atoms with E-state index in [-0.39, 0.29) is 5.57 Å². The van der Waals surface area contributed by atoms with Gasteiger partial charge >= 0.3 is 0 Å². The number of aryl methyl sites for hydroxylation is 1. The number of benzene rings is 2. The van der Waals surface area contributed by atoms with E-state index in [0.29, 0.717) is 17.2 Å². The molecule has 0 unspecified atom stereocenters. The number of nitrogens with one attached hydrogen (secondary N) is 2. The molecule has 27 heavy (non-hydrogen) atoms. The Labute approximate surface area is 157 Å². The zero-order valence-corrected chi connectivity index (χ0v) is 15.3. The number of aromatic amines is 1. The summed E-state index contributed by atoms with van der Waals surface area (Å²) in [6.07, 6.45) is 1.60. The van der Waals surface area contributed by atoms with Gasteiger partial charge < -0.3 is 19.8 Å². The number of nitriles is 1. The zero-order valence-electron chi connectivity index (χ0n) is 15.3. The van der Waals surface area contributed by atoms with Crippen molar-refractivity contribution >= 4 is 28.6 Å². The van der Waals surface area contributed by atoms with Gasteiger partial charge in [-0.1, -0.05) is 18.2 Å². The maximum absolute atomic E-state index is 12.6. The van der Waals surface area contributed by atoms with Gasteiger partial charge in [-0.15, -0.1) is 0 Å². The lowest BCUT2D eigenvalue weighted by Crippen LogP contribution is -2.14. The molecular formula is C21H19N3O3. The average Bonchev–Trinajstić information content (AvgIpc) is 3.01. The quantitative estimate of drug-likeness (QED) is 0.530. The summed E-state index contributed by atoms with van der Waals surface area (Å²) in [6, 6.07) is 14.8. The molecule has 1 aromatic heterocycles. The lowest BCUT2D eigenvalue weighted by atomic mass is 10.1. The summed E-state index contributed by atoms with van der Waals surface area (Å²) in [7, 11) is 3.05. The van der Waals surface area contributed by atoms with E-state index in [9.17, 15) is 10.1 Å². The van der Waals surface area contributed by atoms with Crippen molar-refractivity contribution in [2.24, 2.45) is 0 Å². The molecule has 6 heteroatoms. The third-order valence-corrected chi connectivity index (χ3v) is 4.25. The summed E-state index contributed by atoms with van der Waals surface area (Å²) in [5, 5.41) is 13.2. The molecule has 0 bridgehead atoms. The summed E-state index contributed by atoms with van der Waals surface area (Å²) in [6.45, 7) is 1.91. The second-order valence-electron chi connectivity index (χ2n) is 5.90. The number of para-hydroxylation sites is 1. The van der Waals surface area contributed by atoms with Gasteiger partial charge in [-0.3, -0.25) is 4.79 Å². The lowest BCUT2D eigenvalue weighted by Gasteiger charge is -2.11. The molecule has 0 fully saturated rings. The van der Waals surface area contributed by atoms with Gasteiger partial charge in [0, 0.05) is 28.2 Å². The van der Waals surface area contributed by atoms with Crippen LogP contribution >= 0.6 is 0 Å². The number of carbonyl (C=O) groups excluding carboxylic acids is 1. The lowest BCUT2D eigenvalue weighted by molar-refractivity contribution is -0.112. The number of H-pyrrole nitrogens is 1. The minimum atomic E-state index is -0.509. The van der Waals surface area contributed by atoms with Gasteiger partial charge in [0.1, 0.15) is 23.1 Å². The van der Waals surface area contributed by atoms with E-state index in [4.69, 9.17) is 9.47 Å². The first-order valence-electron chi connectivity index (χ1n) is 8.30. The molecule has 0 aliphatic rings. The van der Waals surface area contributed by atoms with Crippen LogP contribution < -0.4 is 14.8 Å². The fraction of sp³-hybridized carbons (Fsp3) is 0.143. The smallest absolute Gasteiger partial charge is 0.266 e. The summed E-state index contributed by atoms with van der Waals surface area (Å²) >= 11 is 0. The van der Waals surface area contributed by atoms with Crippen LogP contribution in [0.4, 0.5) is 5.69 Å². The van der Waals surface area contributed by atoms with E-state index in [0.717, 1.165) is 22.2 Å². The summed E-state index contributed by atoms with van der Waals surface area (Å²) < 4.78 is 10.4. The number of carbonyl (C=O) groups is 1. The Kier molecular flexibility index (Phi) is 5.13. The summed E-state index contributed by atoms with van der Waals surface area (Å²) in [5.74, 6) is 0.546. The van der Waals surface area contributed by atoms with Crippen LogP contribution in [-0.4, -0.2) is 25.1 Å². The van der Waals surface area contributed by atoms with Crippen LogP contribution in [0.5, 0.6) is 11.5 Å². The second-order valence-corrected chi connectivity index (χ2v) is 5.90. The first-order chi connectivity index (χ1) is 13.1. The van der Waals surface area contributed by atoms with Crippen LogP contribution in [0.1, 0.15) is 11.3 Å². The van der Waals surface area contributed by atoms with Gasteiger partial charge in [0.2, 0.25) is 0 Å². The molecule has 3 aromatic rings. The predicted molar refractivity (Wildman–Crippen MR) is 105 cm³/mol. The minimum Gasteiger partial charge on any atom is -0.497 e. The van der Waals surface area contributed by atoms with Crippen molar-refractivity contribution in [2.75, 3.05) is 19.5 Å². The van der Waals surface area contributed by atoms with Crippen molar-refractivity contribution in [1.82, 2.24) is 4.98 Å². The predicted octanol–water partition coefficient (Wildman–Crippen LogP) is 4.04. The van der Waals surface area contributed by atoms with Gasteiger partial charge in [-0.05, 0) is 31.2 Å². The number of amides is 1. The number of nitrogens with zero attached hydrogens (tertiary/aromatic N) is 1. The van der Waals surface area contributed by atoms with Crippen LogP contribution in [0.3, 0.4) is 0 Å². The van der Waals surface area contributed by atoms with Crippen molar-refractivity contribution in [3.63, 3.8) is 0 Å². The number of anilines is 1. The molecule has 1 heterocycles. The summed E-state index contributed by atoms with van der Waals surface area (Å²) in [4.78, 5) is 15.9. The third-order valence-electron chi connectivity index (χ3n) is 4.25. The van der Waals surface area contributed by atoms with Crippen molar-refractivity contribution < 1.29 is 14.3 Å². The molecule has 1 amide bonds. The molecule has 3 rings (SSSR count). The number of ether oxygens (including phenoxy) is 2. The Morgan fingerprint density at radius 1 is 1.19 bits per heavy atom. The second kappa shape index (κ2) is 7.67. The van der Waals surface area contributed by atoms with Crippen LogP contribution in [0.2, 0.25) is 0 Å². The first kappa shape index (κ1) is 18.1. The third kappa shape index (κ3) is 3.62. The zero-order chi connectivity index (χ0) is 19.4. The van der Waals surface area contributed by atoms with Crippen molar-refractivity contribution in [1.29, 1.82) is 5.26 Å². The van der Waals surface area contributed by atoms with Crippen LogP contribution in [-0.2, 0) is 4.79 Å². The molecule has 0 radical (unpaired) electrons. The van der Waals surface area contributed by atoms with Gasteiger partial charge in [0.05, 0.1) is 19.9 Å². The average molecular weight is 361 g/mol. The maximum Gasteiger partial charge on any atom is 0.266 e. The van der Waals surface area contributed by atoms with E-state index in [1.54, 1.807) is 31.4 Å². The highest BCUT2D eigenvalue weighted by Crippen LogP contribution is 2.30. The Morgan fingerprint density at radius 3 is 2.67 bits per heavy atom. The Morgan fingerprint density at radius 2 is 1.96 bits per heavy atom. The van der Waals surface area contributed by atoms with Crippen LogP contribution in [0, 0.1) is 18.3 Å². The van der Waals surface area contributed by atoms with Gasteiger partial charge in [0.15, 0.2) is 0 Å². The number of hydrogen-bond acceptors (Lipinski definition) is 4. The SMILES string of the molecule is COc1ccc(NC(=O)/C(C#N)=C/c2c(C)[nH]c3ccccc23)c(OC)c1. The number of fused-ring (bicyclic) bond motifs is 1. The van der Waals surface area contributed by atoms with E-state index in [1.165, 1.54) is 7.11 Å². The molecule has 0 saturated carbocycles. The number of rotatable bonds is 5. The number of hydrogen-bond donors (Lipinski definition) is 2. The van der Waals surface area contributed by atoms with Crippen molar-refractivity contribution in [3.05, 3.63) is 59.3 Å². The molecule has 2 N–H and O–H groups in total. The summed E-state index contributed by atoms with van der Waals surface area (Å²) in [5.41, 5.74) is 3.12. The topological polar surface area (TPSA) is 87.1 Å². The van der Waals surface area contributed by atoms with E-state index in [2.05, 4.69) is 10.3 Å². The standard InChI is InChI=1S/C21H19N3O3/c1-13-17(16-6-4-5-7-18(16)23-13)10-14(12-22)21(25)24-19-9-8-15(26-2)11-20(19)27-3/h4-11,23H,1-3H3,(H,24,25)/b14-10+. The van der Waals surface area contributed by atoms with Crippen LogP contribution in [0.25, 0.3) is 17.0 Å². The van der Waals surface area contributed by atoms with Gasteiger partial charge in [-0.2, -0.15) is 5.26 Å². The van der Waals surface area contributed by atoms with E-state index in [1.807, 2.05) is 37.3 Å². The fourth-order valence-corrected chi connectivity index (χ4v) is 2.87. The molecule has 0 saturated heterocycles.